The van der Waals surface area contributed by atoms with E-state index < -0.39 is 0 Å². The van der Waals surface area contributed by atoms with Crippen LogP contribution in [0.3, 0.4) is 0 Å². The van der Waals surface area contributed by atoms with E-state index in [1.54, 1.807) is 7.11 Å². The van der Waals surface area contributed by atoms with Gasteiger partial charge in [0, 0.05) is 11.8 Å². The Hall–Kier alpha value is -2.49. The fourth-order valence-corrected chi connectivity index (χ4v) is 2.02. The van der Waals surface area contributed by atoms with Gasteiger partial charge >= 0.3 is 0 Å². The van der Waals surface area contributed by atoms with Gasteiger partial charge in [-0.3, -0.25) is 0 Å². The first-order valence-corrected chi connectivity index (χ1v) is 6.03. The van der Waals surface area contributed by atoms with Gasteiger partial charge in [-0.05, 0) is 23.8 Å². The second-order valence-corrected chi connectivity index (χ2v) is 4.32. The average molecular weight is 254 g/mol. The van der Waals surface area contributed by atoms with Crippen molar-refractivity contribution in [1.82, 2.24) is 4.98 Å². The molecule has 0 atom stereocenters. The molecule has 19 heavy (non-hydrogen) atoms. The summed E-state index contributed by atoms with van der Waals surface area (Å²) in [6, 6.07) is 13.3. The number of ether oxygens (including phenoxy) is 1. The van der Waals surface area contributed by atoms with Crippen molar-refractivity contribution in [3.63, 3.8) is 0 Å². The number of nitrogens with two attached hydrogens (primary N) is 1. The number of fused-ring (bicyclic) bond motifs is 1. The van der Waals surface area contributed by atoms with Gasteiger partial charge in [-0.1, -0.05) is 18.2 Å². The normalized spacial score (nSPS) is 10.8. The summed E-state index contributed by atoms with van der Waals surface area (Å²) in [5.74, 6) is 1.42. The van der Waals surface area contributed by atoms with E-state index in [1.807, 2.05) is 42.5 Å². The van der Waals surface area contributed by atoms with E-state index >= 15 is 0 Å². The Morgan fingerprint density at radius 1 is 1.21 bits per heavy atom. The molecule has 3 aromatic rings. The molecule has 0 fully saturated rings. The monoisotopic (exact) mass is 254 g/mol. The summed E-state index contributed by atoms with van der Waals surface area (Å²) in [5, 5.41) is 0. The van der Waals surface area contributed by atoms with Crippen LogP contribution in [0.25, 0.3) is 11.1 Å². The number of nitrogens with zero attached hydrogens (tertiary/aromatic N) is 1. The van der Waals surface area contributed by atoms with Crippen LogP contribution in [0.5, 0.6) is 5.75 Å². The van der Waals surface area contributed by atoms with Crippen LogP contribution in [0.15, 0.2) is 46.9 Å². The molecule has 0 bridgehead atoms. The molecule has 96 valence electrons. The Morgan fingerprint density at radius 3 is 2.84 bits per heavy atom. The molecule has 2 aromatic carbocycles. The number of hydrogen-bond donors (Lipinski definition) is 1. The molecule has 0 aliphatic carbocycles. The van der Waals surface area contributed by atoms with Gasteiger partial charge in [-0.25, -0.2) is 4.98 Å². The molecule has 0 radical (unpaired) electrons. The van der Waals surface area contributed by atoms with Crippen LogP contribution in [0.1, 0.15) is 11.5 Å². The maximum atomic E-state index is 5.92. The summed E-state index contributed by atoms with van der Waals surface area (Å²) in [6.45, 7) is 0. The minimum atomic E-state index is 0.587. The topological polar surface area (TPSA) is 61.3 Å². The van der Waals surface area contributed by atoms with Crippen molar-refractivity contribution in [2.45, 2.75) is 6.42 Å². The number of anilines is 1. The molecule has 0 saturated carbocycles. The molecule has 0 aliphatic rings. The molecule has 1 heterocycles. The minimum Gasteiger partial charge on any atom is -0.497 e. The molecule has 4 nitrogen and oxygen atoms in total. The van der Waals surface area contributed by atoms with Gasteiger partial charge in [-0.2, -0.15) is 0 Å². The molecule has 1 aromatic heterocycles. The van der Waals surface area contributed by atoms with Gasteiger partial charge in [0.15, 0.2) is 11.5 Å². The predicted octanol–water partition coefficient (Wildman–Crippen LogP) is 3.01. The summed E-state index contributed by atoms with van der Waals surface area (Å²) in [6.07, 6.45) is 0.587. The molecule has 0 aliphatic heterocycles. The van der Waals surface area contributed by atoms with Crippen LogP contribution in [0.4, 0.5) is 5.69 Å². The van der Waals surface area contributed by atoms with E-state index in [2.05, 4.69) is 4.98 Å². The largest absolute Gasteiger partial charge is 0.497 e. The van der Waals surface area contributed by atoms with Crippen molar-refractivity contribution in [3.05, 3.63) is 53.9 Å². The van der Waals surface area contributed by atoms with Crippen LogP contribution < -0.4 is 10.5 Å². The standard InChI is InChI=1S/C15H14N2O2/c1-18-11-6-7-14-13(9-11)17-15(19-14)8-10-4-2-3-5-12(10)16/h2-7,9H,8,16H2,1H3. The number of nitrogen functional groups attached to an aromatic ring is 1. The smallest absolute Gasteiger partial charge is 0.199 e. The molecule has 0 amide bonds. The lowest BCUT2D eigenvalue weighted by atomic mass is 10.1. The first-order valence-electron chi connectivity index (χ1n) is 6.03. The lowest BCUT2D eigenvalue weighted by Gasteiger charge is -2.01. The summed E-state index contributed by atoms with van der Waals surface area (Å²) in [5.41, 5.74) is 9.24. The van der Waals surface area contributed by atoms with Crippen LogP contribution in [0.2, 0.25) is 0 Å². The lowest BCUT2D eigenvalue weighted by Crippen LogP contribution is -1.95. The molecule has 4 heteroatoms. The zero-order valence-corrected chi connectivity index (χ0v) is 10.6. The summed E-state index contributed by atoms with van der Waals surface area (Å²) in [4.78, 5) is 4.46. The molecule has 0 saturated heterocycles. The molecule has 2 N–H and O–H groups in total. The number of oxazole rings is 1. The van der Waals surface area contributed by atoms with Gasteiger partial charge in [0.05, 0.1) is 13.5 Å². The SMILES string of the molecule is COc1ccc2oc(Cc3ccccc3N)nc2c1. The lowest BCUT2D eigenvalue weighted by molar-refractivity contribution is 0.415. The molecular weight excluding hydrogens is 240 g/mol. The van der Waals surface area contributed by atoms with Gasteiger partial charge < -0.3 is 14.9 Å². The van der Waals surface area contributed by atoms with E-state index in [1.165, 1.54) is 0 Å². The van der Waals surface area contributed by atoms with E-state index in [9.17, 15) is 0 Å². The van der Waals surface area contributed by atoms with Crippen molar-refractivity contribution in [1.29, 1.82) is 0 Å². The summed E-state index contributed by atoms with van der Waals surface area (Å²) >= 11 is 0. The maximum absolute atomic E-state index is 5.92. The van der Waals surface area contributed by atoms with Crippen LogP contribution in [-0.2, 0) is 6.42 Å². The number of hydrogen-bond acceptors (Lipinski definition) is 4. The zero-order valence-electron chi connectivity index (χ0n) is 10.6. The second kappa shape index (κ2) is 4.65. The number of benzene rings is 2. The van der Waals surface area contributed by atoms with E-state index in [0.717, 1.165) is 28.1 Å². The number of para-hydroxylation sites is 1. The first-order chi connectivity index (χ1) is 9.26. The first kappa shape index (κ1) is 11.6. The van der Waals surface area contributed by atoms with Crippen molar-refractivity contribution in [2.24, 2.45) is 0 Å². The fourth-order valence-electron chi connectivity index (χ4n) is 2.02. The van der Waals surface area contributed by atoms with E-state index in [4.69, 9.17) is 14.9 Å². The van der Waals surface area contributed by atoms with Gasteiger partial charge in [-0.15, -0.1) is 0 Å². The maximum Gasteiger partial charge on any atom is 0.199 e. The van der Waals surface area contributed by atoms with Gasteiger partial charge in [0.1, 0.15) is 11.3 Å². The quantitative estimate of drug-likeness (QED) is 0.730. The third-order valence-electron chi connectivity index (χ3n) is 3.04. The van der Waals surface area contributed by atoms with Crippen LogP contribution in [-0.4, -0.2) is 12.1 Å². The second-order valence-electron chi connectivity index (χ2n) is 4.32. The zero-order chi connectivity index (χ0) is 13.2. The average Bonchev–Trinajstić information content (AvgIpc) is 2.82. The highest BCUT2D eigenvalue weighted by atomic mass is 16.5. The molecule has 0 unspecified atom stereocenters. The Bertz CT molecular complexity index is 719. The Morgan fingerprint density at radius 2 is 2.05 bits per heavy atom. The van der Waals surface area contributed by atoms with Gasteiger partial charge in [0.25, 0.3) is 0 Å². The summed E-state index contributed by atoms with van der Waals surface area (Å²) in [7, 11) is 1.63. The van der Waals surface area contributed by atoms with Gasteiger partial charge in [0.2, 0.25) is 0 Å². The number of rotatable bonds is 3. The van der Waals surface area contributed by atoms with Crippen molar-refractivity contribution >= 4 is 16.8 Å². The molecule has 3 rings (SSSR count). The minimum absolute atomic E-state index is 0.587. The van der Waals surface area contributed by atoms with Crippen LogP contribution >= 0.6 is 0 Å². The Labute approximate surface area is 110 Å². The third-order valence-corrected chi connectivity index (χ3v) is 3.04. The highest BCUT2D eigenvalue weighted by Crippen LogP contribution is 2.23. The predicted molar refractivity (Wildman–Crippen MR) is 74.2 cm³/mol. The highest BCUT2D eigenvalue weighted by molar-refractivity contribution is 5.74. The molecule has 0 spiro atoms. The Balaban J connectivity index is 1.95. The Kier molecular flexibility index (Phi) is 2.83. The van der Waals surface area contributed by atoms with Crippen molar-refractivity contribution < 1.29 is 9.15 Å². The number of methoxy groups -OCH3 is 1. The van der Waals surface area contributed by atoms with Crippen LogP contribution in [0, 0.1) is 0 Å². The van der Waals surface area contributed by atoms with Crippen molar-refractivity contribution in [3.8, 4) is 5.75 Å². The molecular formula is C15H14N2O2. The number of aromatic nitrogens is 1. The summed E-state index contributed by atoms with van der Waals surface area (Å²) < 4.78 is 10.9. The third kappa shape index (κ3) is 2.25. The van der Waals surface area contributed by atoms with E-state index in [0.29, 0.717) is 12.3 Å². The highest BCUT2D eigenvalue weighted by Gasteiger charge is 2.09. The van der Waals surface area contributed by atoms with E-state index in [-0.39, 0.29) is 0 Å². The fraction of sp³-hybridized carbons (Fsp3) is 0.133. The van der Waals surface area contributed by atoms with Crippen molar-refractivity contribution in [2.75, 3.05) is 12.8 Å².